The van der Waals surface area contributed by atoms with Crippen LogP contribution in [0.5, 0.6) is 0 Å². The number of carbonyl (C=O) groups is 2. The molecule has 5 N–H and O–H groups in total. The number of ether oxygens (including phenoxy) is 1. The molecule has 0 saturated heterocycles. The number of methoxy groups -OCH3 is 1. The first-order chi connectivity index (χ1) is 20.0. The number of rotatable bonds is 5. The van der Waals surface area contributed by atoms with E-state index in [1.54, 1.807) is 0 Å². The number of allylic oxidation sites excluding steroid dienone is 1. The molecule has 5 heterocycles. The van der Waals surface area contributed by atoms with Crippen LogP contribution in [0.15, 0.2) is 30.0 Å². The number of nitrogens with zero attached hydrogens (tertiary/aromatic N) is 1. The van der Waals surface area contributed by atoms with Crippen LogP contribution in [-0.4, -0.2) is 67.3 Å². The van der Waals surface area contributed by atoms with Gasteiger partial charge in [-0.3, -0.25) is 9.59 Å². The second-order valence-corrected chi connectivity index (χ2v) is 11.8. The minimum absolute atomic E-state index is 0. The smallest absolute Gasteiger partial charge is 0.831 e. The van der Waals surface area contributed by atoms with Gasteiger partial charge < -0.3 is 46.3 Å². The molecule has 222 valence electrons. The maximum atomic E-state index is 13.2. The first-order valence-electron chi connectivity index (χ1n) is 14.6. The summed E-state index contributed by atoms with van der Waals surface area (Å²) in [5.41, 5.74) is 11.5. The van der Waals surface area contributed by atoms with Crippen molar-refractivity contribution in [2.45, 2.75) is 77.6 Å². The first kappa shape index (κ1) is 30.8. The molecule has 1 unspecified atom stereocenters. The van der Waals surface area contributed by atoms with Crippen LogP contribution in [0.25, 0.3) is 27.6 Å². The van der Waals surface area contributed by atoms with Crippen molar-refractivity contribution in [1.82, 2.24) is 19.9 Å². The zero-order valence-corrected chi connectivity index (χ0v) is 26.9. The van der Waals surface area contributed by atoms with Crippen LogP contribution < -0.4 is 4.98 Å². The van der Waals surface area contributed by atoms with E-state index in [1.165, 1.54) is 18.2 Å². The van der Waals surface area contributed by atoms with E-state index in [9.17, 15) is 19.8 Å². The van der Waals surface area contributed by atoms with E-state index in [0.29, 0.717) is 23.3 Å². The summed E-state index contributed by atoms with van der Waals surface area (Å²) < 4.78 is 5.17. The minimum atomic E-state index is -1.04. The van der Waals surface area contributed by atoms with E-state index < -0.39 is 17.9 Å². The standard InChI is InChI=1S/C33H37N4O5.Mg/c1-7-19-15(3)22-11-18-10-14(2)21(34-18)12-23-16(4)20(8-9-26(38)39)30(36-23)28-29(33(41)42-6)32(40)27-17(5)24(37-31(27)28)13-25(19)35-22;/h10-13,16-17,20,29,34-36,40H,7-9H2,1-6H3,(H,38,39);/q-3;+2/t16-,17?,20-,29+;/m0./s1. The van der Waals surface area contributed by atoms with E-state index >= 15 is 0 Å². The molecule has 0 radical (unpaired) electrons. The SMILES string of the molecule is CCc1c(C)c2cc3cc(C)c(cc4[nH]c(c5[c-]6[n-][c-](cc1[nH]2)C(C)C6=C(O)[C@@H]5C(=O)OC)[C@@H](CCC(=O)O)[C@@H]4C)[nH]3.[Mg+2]. The Morgan fingerprint density at radius 3 is 2.49 bits per heavy atom. The molecule has 3 aliphatic rings. The number of fused-ring (bicyclic) bond motifs is 8. The third-order valence-corrected chi connectivity index (χ3v) is 9.38. The summed E-state index contributed by atoms with van der Waals surface area (Å²) in [6.07, 6.45) is 1.17. The topological polar surface area (TPSA) is 145 Å². The van der Waals surface area contributed by atoms with Crippen molar-refractivity contribution >= 4 is 62.6 Å². The molecular weight excluding hydrogens is 557 g/mol. The Hall–Kier alpha value is -3.63. The fraction of sp³-hybridized carbons (Fsp3) is 0.394. The molecule has 8 bridgehead atoms. The van der Waals surface area contributed by atoms with Gasteiger partial charge in [-0.2, -0.15) is 0 Å². The average Bonchev–Trinajstić information content (AvgIpc) is 3.69. The number of carbonyl (C=O) groups excluding carboxylic acids is 1. The monoisotopic (exact) mass is 593 g/mol. The molecule has 3 aromatic rings. The Morgan fingerprint density at radius 2 is 1.81 bits per heavy atom. The summed E-state index contributed by atoms with van der Waals surface area (Å²) in [5.74, 6) is -3.12. The number of carboxylic acids is 1. The van der Waals surface area contributed by atoms with Crippen LogP contribution in [-0.2, 0) is 20.7 Å². The van der Waals surface area contributed by atoms with Gasteiger partial charge in [-0.1, -0.05) is 26.7 Å². The Labute approximate surface area is 266 Å². The number of carboxylic acid groups (broad SMARTS) is 1. The second kappa shape index (κ2) is 11.5. The van der Waals surface area contributed by atoms with Gasteiger partial charge in [0.1, 0.15) is 0 Å². The maximum absolute atomic E-state index is 13.2. The Bertz CT molecular complexity index is 1850. The van der Waals surface area contributed by atoms with Crippen molar-refractivity contribution in [2.75, 3.05) is 7.11 Å². The zero-order chi connectivity index (χ0) is 30.0. The molecule has 0 spiro atoms. The predicted octanol–water partition coefficient (Wildman–Crippen LogP) is 6.27. The van der Waals surface area contributed by atoms with Crippen molar-refractivity contribution in [3.05, 3.63) is 75.1 Å². The van der Waals surface area contributed by atoms with Crippen LogP contribution in [0.4, 0.5) is 0 Å². The van der Waals surface area contributed by atoms with E-state index in [1.807, 2.05) is 13.0 Å². The number of aromatic amines is 3. The Morgan fingerprint density at radius 1 is 1.07 bits per heavy atom. The van der Waals surface area contributed by atoms with Gasteiger partial charge >= 0.3 is 29.0 Å². The maximum Gasteiger partial charge on any atom is 2.00 e. The summed E-state index contributed by atoms with van der Waals surface area (Å²) >= 11 is 0. The van der Waals surface area contributed by atoms with Gasteiger partial charge in [-0.15, -0.1) is 17.7 Å². The van der Waals surface area contributed by atoms with Crippen molar-refractivity contribution < 1.29 is 24.5 Å². The fourth-order valence-electron chi connectivity index (χ4n) is 7.03. The normalized spacial score (nSPS) is 20.7. The van der Waals surface area contributed by atoms with Crippen molar-refractivity contribution in [1.29, 1.82) is 0 Å². The van der Waals surface area contributed by atoms with E-state index in [-0.39, 0.29) is 53.0 Å². The number of aromatic nitrogens is 4. The minimum Gasteiger partial charge on any atom is -0.831 e. The summed E-state index contributed by atoms with van der Waals surface area (Å²) in [5, 5.41) is 21.1. The third kappa shape index (κ3) is 4.94. The average molecular weight is 594 g/mol. The number of aliphatic hydroxyl groups excluding tert-OH is 1. The summed E-state index contributed by atoms with van der Waals surface area (Å²) in [6, 6.07) is 8.35. The molecule has 2 aliphatic heterocycles. The van der Waals surface area contributed by atoms with Gasteiger partial charge in [0.15, 0.2) is 0 Å². The number of aliphatic hydroxyl groups is 1. The number of esters is 1. The number of aliphatic carboxylic acids is 1. The van der Waals surface area contributed by atoms with Gasteiger partial charge in [0.25, 0.3) is 5.97 Å². The molecule has 4 atom stereocenters. The summed E-state index contributed by atoms with van der Waals surface area (Å²) in [7, 11) is 1.31. The molecule has 1 aliphatic carbocycles. The van der Waals surface area contributed by atoms with Crippen LogP contribution in [0.2, 0.25) is 0 Å². The molecule has 0 aromatic carbocycles. The summed E-state index contributed by atoms with van der Waals surface area (Å²) in [4.78, 5) is 40.6. The Balaban J connectivity index is 0.00000368. The van der Waals surface area contributed by atoms with Crippen molar-refractivity contribution in [3.63, 3.8) is 0 Å². The zero-order valence-electron chi connectivity index (χ0n) is 25.5. The van der Waals surface area contributed by atoms with E-state index in [4.69, 9.17) is 9.72 Å². The molecule has 0 amide bonds. The Kier molecular flexibility index (Phi) is 8.21. The van der Waals surface area contributed by atoms with Crippen LogP contribution >= 0.6 is 0 Å². The number of hydrogen-bond donors (Lipinski definition) is 5. The molecule has 9 nitrogen and oxygen atoms in total. The number of H-pyrrole nitrogens is 3. The van der Waals surface area contributed by atoms with Crippen LogP contribution in [0.3, 0.4) is 0 Å². The fourth-order valence-corrected chi connectivity index (χ4v) is 7.03. The molecule has 43 heavy (non-hydrogen) atoms. The van der Waals surface area contributed by atoms with Crippen molar-refractivity contribution in [3.8, 4) is 0 Å². The van der Waals surface area contributed by atoms with Crippen LogP contribution in [0, 0.1) is 13.8 Å². The quantitative estimate of drug-likeness (QED) is 0.134. The number of nitrogens with one attached hydrogen (secondary N) is 3. The number of aryl methyl sites for hydroxylation is 3. The first-order valence-corrected chi connectivity index (χ1v) is 14.6. The largest absolute Gasteiger partial charge is 2.00 e. The van der Waals surface area contributed by atoms with E-state index in [2.05, 4.69) is 60.8 Å². The molecule has 10 heteroatoms. The van der Waals surface area contributed by atoms with Gasteiger partial charge in [0.05, 0.1) is 7.11 Å². The van der Waals surface area contributed by atoms with Crippen molar-refractivity contribution in [2.24, 2.45) is 0 Å². The van der Waals surface area contributed by atoms with Crippen LogP contribution in [0.1, 0.15) is 102 Å². The molecular formula is C33H37MgN4O5-. The molecule has 3 aromatic heterocycles. The predicted molar refractivity (Wildman–Crippen MR) is 167 cm³/mol. The third-order valence-electron chi connectivity index (χ3n) is 9.38. The van der Waals surface area contributed by atoms with Gasteiger partial charge in [0, 0.05) is 40.1 Å². The molecule has 6 rings (SSSR count). The van der Waals surface area contributed by atoms with E-state index in [0.717, 1.165) is 51.1 Å². The van der Waals surface area contributed by atoms with Gasteiger partial charge in [-0.05, 0) is 73.3 Å². The van der Waals surface area contributed by atoms with Gasteiger partial charge in [-0.25, -0.2) is 11.1 Å². The number of hydrogen-bond acceptors (Lipinski definition) is 4. The summed E-state index contributed by atoms with van der Waals surface area (Å²) in [6.45, 7) is 10.4. The van der Waals surface area contributed by atoms with Gasteiger partial charge in [0.2, 0.25) is 0 Å². The molecule has 0 saturated carbocycles. The second-order valence-electron chi connectivity index (χ2n) is 11.8. The molecule has 0 fully saturated rings.